The molecular formula is C16H26O. The third-order valence-corrected chi connectivity index (χ3v) is 3.41. The van der Waals surface area contributed by atoms with Gasteiger partial charge in [0.15, 0.2) is 0 Å². The first-order chi connectivity index (χ1) is 8.22. The number of aryl methyl sites for hydroxylation is 1. The number of phenolic OH excluding ortho intramolecular Hbond substituents is 1. The van der Waals surface area contributed by atoms with E-state index in [0.29, 0.717) is 5.75 Å². The lowest BCUT2D eigenvalue weighted by molar-refractivity contribution is 0.459. The van der Waals surface area contributed by atoms with Crippen molar-refractivity contribution in [1.29, 1.82) is 0 Å². The highest BCUT2D eigenvalue weighted by Gasteiger charge is 2.02. The van der Waals surface area contributed by atoms with Crippen LogP contribution in [0.15, 0.2) is 24.3 Å². The van der Waals surface area contributed by atoms with Crippen LogP contribution in [0.2, 0.25) is 0 Å². The Balaban J connectivity index is 2.14. The average molecular weight is 234 g/mol. The van der Waals surface area contributed by atoms with Crippen molar-refractivity contribution in [2.24, 2.45) is 5.92 Å². The Hall–Kier alpha value is -0.980. The molecule has 1 aromatic rings. The fraction of sp³-hybridized carbons (Fsp3) is 0.625. The Morgan fingerprint density at radius 2 is 1.71 bits per heavy atom. The molecule has 0 bridgehead atoms. The molecule has 1 nitrogen and oxygen atoms in total. The highest BCUT2D eigenvalue weighted by Crippen LogP contribution is 2.18. The number of benzene rings is 1. The van der Waals surface area contributed by atoms with E-state index in [2.05, 4.69) is 13.8 Å². The second kappa shape index (κ2) is 8.16. The van der Waals surface area contributed by atoms with Crippen molar-refractivity contribution < 1.29 is 5.11 Å². The summed E-state index contributed by atoms with van der Waals surface area (Å²) in [7, 11) is 0. The zero-order chi connectivity index (χ0) is 12.5. The molecule has 0 saturated heterocycles. The molecule has 0 spiro atoms. The third-order valence-electron chi connectivity index (χ3n) is 3.41. The molecule has 17 heavy (non-hydrogen) atoms. The van der Waals surface area contributed by atoms with Gasteiger partial charge < -0.3 is 5.11 Å². The van der Waals surface area contributed by atoms with Gasteiger partial charge in [0.25, 0.3) is 0 Å². The van der Waals surface area contributed by atoms with E-state index in [1.165, 1.54) is 44.1 Å². The Morgan fingerprint density at radius 1 is 1.00 bits per heavy atom. The first-order valence-corrected chi connectivity index (χ1v) is 7.00. The lowest BCUT2D eigenvalue weighted by Gasteiger charge is -2.11. The van der Waals surface area contributed by atoms with Gasteiger partial charge in [0, 0.05) is 0 Å². The zero-order valence-corrected chi connectivity index (χ0v) is 11.3. The summed E-state index contributed by atoms with van der Waals surface area (Å²) in [4.78, 5) is 0. The first-order valence-electron chi connectivity index (χ1n) is 7.00. The van der Waals surface area contributed by atoms with Crippen molar-refractivity contribution in [3.8, 4) is 5.75 Å². The van der Waals surface area contributed by atoms with E-state index in [4.69, 9.17) is 0 Å². The second-order valence-electron chi connectivity index (χ2n) is 5.16. The standard InChI is InChI=1S/C16H26O/c1-3-4-5-6-7-14(2)8-9-15-10-12-16(17)13-11-15/h10-14,17H,3-9H2,1-2H3. The molecular weight excluding hydrogens is 208 g/mol. The average Bonchev–Trinajstić information content (AvgIpc) is 2.34. The van der Waals surface area contributed by atoms with Crippen molar-refractivity contribution in [3.05, 3.63) is 29.8 Å². The summed E-state index contributed by atoms with van der Waals surface area (Å²) in [6, 6.07) is 7.61. The fourth-order valence-corrected chi connectivity index (χ4v) is 2.14. The van der Waals surface area contributed by atoms with E-state index >= 15 is 0 Å². The van der Waals surface area contributed by atoms with Crippen molar-refractivity contribution in [3.63, 3.8) is 0 Å². The highest BCUT2D eigenvalue weighted by atomic mass is 16.3. The van der Waals surface area contributed by atoms with Crippen LogP contribution in [0.4, 0.5) is 0 Å². The first kappa shape index (κ1) is 14.1. The molecule has 0 fully saturated rings. The summed E-state index contributed by atoms with van der Waals surface area (Å²) in [5, 5.41) is 9.20. The molecule has 1 aromatic carbocycles. The molecule has 1 rings (SSSR count). The number of hydrogen-bond acceptors (Lipinski definition) is 1. The van der Waals surface area contributed by atoms with Crippen LogP contribution < -0.4 is 0 Å². The Kier molecular flexibility index (Phi) is 6.76. The summed E-state index contributed by atoms with van der Waals surface area (Å²) in [6.45, 7) is 4.61. The minimum absolute atomic E-state index is 0.362. The fourth-order valence-electron chi connectivity index (χ4n) is 2.14. The van der Waals surface area contributed by atoms with Gasteiger partial charge in [-0.2, -0.15) is 0 Å². The highest BCUT2D eigenvalue weighted by molar-refractivity contribution is 5.25. The van der Waals surface area contributed by atoms with E-state index in [1.54, 1.807) is 12.1 Å². The van der Waals surface area contributed by atoms with E-state index in [1.807, 2.05) is 12.1 Å². The maximum Gasteiger partial charge on any atom is 0.115 e. The van der Waals surface area contributed by atoms with Gasteiger partial charge in [-0.3, -0.25) is 0 Å². The van der Waals surface area contributed by atoms with Gasteiger partial charge in [-0.05, 0) is 36.5 Å². The number of aromatic hydroxyl groups is 1. The van der Waals surface area contributed by atoms with Gasteiger partial charge >= 0.3 is 0 Å². The quantitative estimate of drug-likeness (QED) is 0.632. The molecule has 0 aliphatic rings. The number of hydrogen-bond donors (Lipinski definition) is 1. The molecule has 0 aromatic heterocycles. The molecule has 0 saturated carbocycles. The van der Waals surface area contributed by atoms with Crippen molar-refractivity contribution in [2.75, 3.05) is 0 Å². The minimum Gasteiger partial charge on any atom is -0.508 e. The molecule has 1 N–H and O–H groups in total. The molecule has 0 radical (unpaired) electrons. The molecule has 1 heteroatoms. The van der Waals surface area contributed by atoms with Crippen LogP contribution in [0.3, 0.4) is 0 Å². The zero-order valence-electron chi connectivity index (χ0n) is 11.3. The van der Waals surface area contributed by atoms with Crippen LogP contribution in [-0.4, -0.2) is 5.11 Å². The van der Waals surface area contributed by atoms with Crippen LogP contribution in [0, 0.1) is 5.92 Å². The lowest BCUT2D eigenvalue weighted by atomic mass is 9.95. The molecule has 0 heterocycles. The maximum atomic E-state index is 9.20. The second-order valence-corrected chi connectivity index (χ2v) is 5.16. The number of unbranched alkanes of at least 4 members (excludes halogenated alkanes) is 3. The third kappa shape index (κ3) is 6.35. The lowest BCUT2D eigenvalue weighted by Crippen LogP contribution is -1.97. The Labute approximate surface area is 106 Å². The smallest absolute Gasteiger partial charge is 0.115 e. The van der Waals surface area contributed by atoms with Crippen LogP contribution in [0.5, 0.6) is 5.75 Å². The van der Waals surface area contributed by atoms with Gasteiger partial charge in [0.1, 0.15) is 5.75 Å². The minimum atomic E-state index is 0.362. The summed E-state index contributed by atoms with van der Waals surface area (Å²) >= 11 is 0. The normalized spacial score (nSPS) is 12.6. The SMILES string of the molecule is CCCCCCC(C)CCc1ccc(O)cc1. The van der Waals surface area contributed by atoms with Crippen LogP contribution in [-0.2, 0) is 6.42 Å². The van der Waals surface area contributed by atoms with E-state index in [-0.39, 0.29) is 0 Å². The van der Waals surface area contributed by atoms with Crippen LogP contribution in [0.1, 0.15) is 57.9 Å². The number of phenols is 1. The van der Waals surface area contributed by atoms with Crippen LogP contribution in [0.25, 0.3) is 0 Å². The van der Waals surface area contributed by atoms with E-state index < -0.39 is 0 Å². The monoisotopic (exact) mass is 234 g/mol. The van der Waals surface area contributed by atoms with Gasteiger partial charge in [-0.15, -0.1) is 0 Å². The largest absolute Gasteiger partial charge is 0.508 e. The number of rotatable bonds is 8. The van der Waals surface area contributed by atoms with Gasteiger partial charge in [0.2, 0.25) is 0 Å². The van der Waals surface area contributed by atoms with Gasteiger partial charge in [-0.1, -0.05) is 58.1 Å². The summed E-state index contributed by atoms with van der Waals surface area (Å²) in [5.74, 6) is 1.18. The summed E-state index contributed by atoms with van der Waals surface area (Å²) in [6.07, 6.45) is 9.22. The molecule has 0 aliphatic heterocycles. The molecule has 0 aliphatic carbocycles. The molecule has 0 amide bonds. The molecule has 96 valence electrons. The maximum absolute atomic E-state index is 9.20. The van der Waals surface area contributed by atoms with Crippen molar-refractivity contribution >= 4 is 0 Å². The van der Waals surface area contributed by atoms with E-state index in [0.717, 1.165) is 12.3 Å². The van der Waals surface area contributed by atoms with Gasteiger partial charge in [-0.25, -0.2) is 0 Å². The van der Waals surface area contributed by atoms with Gasteiger partial charge in [0.05, 0.1) is 0 Å². The Bertz CT molecular complexity index is 289. The summed E-state index contributed by atoms with van der Waals surface area (Å²) in [5.41, 5.74) is 1.34. The van der Waals surface area contributed by atoms with Crippen molar-refractivity contribution in [1.82, 2.24) is 0 Å². The topological polar surface area (TPSA) is 20.2 Å². The molecule has 1 unspecified atom stereocenters. The summed E-state index contributed by atoms with van der Waals surface area (Å²) < 4.78 is 0. The van der Waals surface area contributed by atoms with Crippen molar-refractivity contribution in [2.45, 2.75) is 58.8 Å². The van der Waals surface area contributed by atoms with E-state index in [9.17, 15) is 5.11 Å². The van der Waals surface area contributed by atoms with Crippen LogP contribution >= 0.6 is 0 Å². The Morgan fingerprint density at radius 3 is 2.35 bits per heavy atom. The molecule has 1 atom stereocenters. The predicted octanol–water partition coefficient (Wildman–Crippen LogP) is 4.93. The predicted molar refractivity (Wildman–Crippen MR) is 74.4 cm³/mol.